The molecule has 0 amide bonds. The summed E-state index contributed by atoms with van der Waals surface area (Å²) in [5.41, 5.74) is 3.52. The Hall–Kier alpha value is -2.34. The topological polar surface area (TPSA) is 71.1 Å². The first-order valence-electron chi connectivity index (χ1n) is 6.53. The van der Waals surface area contributed by atoms with Gasteiger partial charge in [-0.25, -0.2) is 8.42 Å². The molecular weight excluding hydrogens is 286 g/mol. The summed E-state index contributed by atoms with van der Waals surface area (Å²) in [4.78, 5) is 3.99. The Labute approximate surface area is 123 Å². The summed E-state index contributed by atoms with van der Waals surface area (Å²) in [5, 5.41) is 3.24. The summed E-state index contributed by atoms with van der Waals surface area (Å²) in [7, 11) is -3.63. The fourth-order valence-corrected chi connectivity index (χ4v) is 3.26. The van der Waals surface area contributed by atoms with Crippen LogP contribution in [0.3, 0.4) is 0 Å². The van der Waals surface area contributed by atoms with Gasteiger partial charge in [0.1, 0.15) is 4.90 Å². The van der Waals surface area contributed by atoms with Gasteiger partial charge in [-0.2, -0.15) is 0 Å². The summed E-state index contributed by atoms with van der Waals surface area (Å²) in [6.45, 7) is 2.74. The van der Waals surface area contributed by atoms with E-state index in [1.54, 1.807) is 18.3 Å². The number of para-hydroxylation sites is 1. The third-order valence-corrected chi connectivity index (χ3v) is 4.58. The van der Waals surface area contributed by atoms with Gasteiger partial charge in [0, 0.05) is 18.9 Å². The van der Waals surface area contributed by atoms with Crippen molar-refractivity contribution in [1.29, 1.82) is 0 Å². The van der Waals surface area contributed by atoms with Gasteiger partial charge in [0.05, 0.1) is 11.4 Å². The second-order valence-electron chi connectivity index (χ2n) is 4.91. The summed E-state index contributed by atoms with van der Waals surface area (Å²) in [6, 6.07) is 8.64. The normalized spacial score (nSPS) is 13.9. The van der Waals surface area contributed by atoms with Gasteiger partial charge >= 0.3 is 0 Å². The van der Waals surface area contributed by atoms with Gasteiger partial charge in [-0.3, -0.25) is 9.71 Å². The highest BCUT2D eigenvalue weighted by molar-refractivity contribution is 7.92. The van der Waals surface area contributed by atoms with Crippen molar-refractivity contribution in [2.24, 2.45) is 0 Å². The number of pyridine rings is 1. The van der Waals surface area contributed by atoms with Crippen LogP contribution in [0, 0.1) is 0 Å². The first kappa shape index (κ1) is 13.6. The zero-order valence-electron chi connectivity index (χ0n) is 11.5. The Morgan fingerprint density at radius 2 is 2.10 bits per heavy atom. The summed E-state index contributed by atoms with van der Waals surface area (Å²) < 4.78 is 27.3. The number of sulfonamides is 1. The second-order valence-corrected chi connectivity index (χ2v) is 6.59. The molecule has 0 bridgehead atoms. The summed E-state index contributed by atoms with van der Waals surface area (Å²) in [5.74, 6) is 0. The number of rotatable bonds is 3. The van der Waals surface area contributed by atoms with Gasteiger partial charge in [-0.1, -0.05) is 23.8 Å². The van der Waals surface area contributed by atoms with Crippen molar-refractivity contribution in [2.45, 2.75) is 11.8 Å². The van der Waals surface area contributed by atoms with Crippen LogP contribution in [-0.4, -0.2) is 19.9 Å². The van der Waals surface area contributed by atoms with Crippen LogP contribution in [0.1, 0.15) is 12.5 Å². The molecule has 2 aromatic rings. The molecule has 0 radical (unpaired) electrons. The average Bonchev–Trinajstić information content (AvgIpc) is 2.48. The third kappa shape index (κ3) is 2.75. The molecule has 3 rings (SSSR count). The van der Waals surface area contributed by atoms with Crippen LogP contribution < -0.4 is 10.0 Å². The van der Waals surface area contributed by atoms with Crippen LogP contribution >= 0.6 is 0 Å². The predicted octanol–water partition coefficient (Wildman–Crippen LogP) is 2.71. The molecule has 0 atom stereocenters. The van der Waals surface area contributed by atoms with Crippen molar-refractivity contribution in [3.63, 3.8) is 0 Å². The molecule has 5 nitrogen and oxygen atoms in total. The van der Waals surface area contributed by atoms with E-state index in [1.165, 1.54) is 17.8 Å². The molecule has 0 unspecified atom stereocenters. The molecular formula is C15H15N3O2S. The molecule has 1 aromatic carbocycles. The Balaban J connectivity index is 1.99. The van der Waals surface area contributed by atoms with Gasteiger partial charge < -0.3 is 5.32 Å². The Morgan fingerprint density at radius 1 is 1.24 bits per heavy atom. The maximum atomic E-state index is 12.4. The van der Waals surface area contributed by atoms with Crippen LogP contribution in [0.4, 0.5) is 11.4 Å². The monoisotopic (exact) mass is 301 g/mol. The van der Waals surface area contributed by atoms with Crippen molar-refractivity contribution in [3.8, 4) is 0 Å². The van der Waals surface area contributed by atoms with Gasteiger partial charge in [0.25, 0.3) is 10.0 Å². The molecule has 0 fully saturated rings. The molecule has 1 aromatic heterocycles. The van der Waals surface area contributed by atoms with Crippen molar-refractivity contribution in [2.75, 3.05) is 16.6 Å². The van der Waals surface area contributed by atoms with E-state index in [0.29, 0.717) is 12.2 Å². The molecule has 1 aliphatic heterocycles. The molecule has 0 saturated heterocycles. The lowest BCUT2D eigenvalue weighted by atomic mass is 10.0. The highest BCUT2D eigenvalue weighted by Gasteiger charge is 2.18. The summed E-state index contributed by atoms with van der Waals surface area (Å²) in [6.07, 6.45) is 4.92. The Bertz CT molecular complexity index is 799. The lowest BCUT2D eigenvalue weighted by molar-refractivity contribution is 0.601. The van der Waals surface area contributed by atoms with E-state index < -0.39 is 10.0 Å². The van der Waals surface area contributed by atoms with Crippen LogP contribution in [0.15, 0.2) is 53.2 Å². The van der Waals surface area contributed by atoms with Gasteiger partial charge in [0.15, 0.2) is 0 Å². The minimum atomic E-state index is -3.63. The van der Waals surface area contributed by atoms with Gasteiger partial charge in [-0.15, -0.1) is 0 Å². The fourth-order valence-electron chi connectivity index (χ4n) is 2.23. The Morgan fingerprint density at radius 3 is 2.86 bits per heavy atom. The maximum absolute atomic E-state index is 12.4. The largest absolute Gasteiger partial charge is 0.379 e. The standard InChI is InChI=1S/C15H15N3O2S/c1-11-8-12-4-2-6-14(15(12)17-9-11)18-21(19,20)13-5-3-7-16-10-13/h2-8,10,17-18H,9H2,1H3. The second kappa shape index (κ2) is 5.21. The molecule has 0 spiro atoms. The lowest BCUT2D eigenvalue weighted by Crippen LogP contribution is -2.17. The molecule has 0 saturated carbocycles. The minimum Gasteiger partial charge on any atom is -0.379 e. The van der Waals surface area contributed by atoms with E-state index in [-0.39, 0.29) is 4.90 Å². The molecule has 21 heavy (non-hydrogen) atoms. The minimum absolute atomic E-state index is 0.144. The first-order chi connectivity index (χ1) is 10.1. The van der Waals surface area contributed by atoms with E-state index in [1.807, 2.05) is 25.1 Å². The zero-order chi connectivity index (χ0) is 14.9. The van der Waals surface area contributed by atoms with Crippen LogP contribution in [0.2, 0.25) is 0 Å². The SMILES string of the molecule is CC1=Cc2cccc(NS(=O)(=O)c3cccnc3)c2NC1. The summed E-state index contributed by atoms with van der Waals surface area (Å²) >= 11 is 0. The van der Waals surface area contributed by atoms with E-state index >= 15 is 0 Å². The maximum Gasteiger partial charge on any atom is 0.263 e. The van der Waals surface area contributed by atoms with Gasteiger partial charge in [0.2, 0.25) is 0 Å². The van der Waals surface area contributed by atoms with Crippen molar-refractivity contribution in [3.05, 3.63) is 53.9 Å². The van der Waals surface area contributed by atoms with Crippen LogP contribution in [-0.2, 0) is 10.0 Å². The van der Waals surface area contributed by atoms with E-state index in [2.05, 4.69) is 15.0 Å². The van der Waals surface area contributed by atoms with Crippen molar-refractivity contribution in [1.82, 2.24) is 4.98 Å². The molecule has 6 heteroatoms. The Kier molecular flexibility index (Phi) is 3.39. The number of anilines is 2. The predicted molar refractivity (Wildman–Crippen MR) is 83.6 cm³/mol. The van der Waals surface area contributed by atoms with Crippen molar-refractivity contribution >= 4 is 27.5 Å². The third-order valence-electron chi connectivity index (χ3n) is 3.23. The number of fused-ring (bicyclic) bond motifs is 1. The quantitative estimate of drug-likeness (QED) is 0.914. The van der Waals surface area contributed by atoms with E-state index in [0.717, 1.165) is 11.3 Å². The molecule has 1 aliphatic rings. The van der Waals surface area contributed by atoms with Gasteiger partial charge in [-0.05, 0) is 30.7 Å². The number of hydrogen-bond acceptors (Lipinski definition) is 4. The van der Waals surface area contributed by atoms with Crippen molar-refractivity contribution < 1.29 is 8.42 Å². The molecule has 2 N–H and O–H groups in total. The van der Waals surface area contributed by atoms with Crippen LogP contribution in [0.25, 0.3) is 6.08 Å². The smallest absolute Gasteiger partial charge is 0.263 e. The number of aromatic nitrogens is 1. The number of benzene rings is 1. The highest BCUT2D eigenvalue weighted by atomic mass is 32.2. The number of nitrogens with one attached hydrogen (secondary N) is 2. The van der Waals surface area contributed by atoms with E-state index in [4.69, 9.17) is 0 Å². The fraction of sp³-hybridized carbons (Fsp3) is 0.133. The van der Waals surface area contributed by atoms with Crippen LogP contribution in [0.5, 0.6) is 0 Å². The zero-order valence-corrected chi connectivity index (χ0v) is 12.3. The molecule has 2 heterocycles. The number of nitrogens with zero attached hydrogens (tertiary/aromatic N) is 1. The van der Waals surface area contributed by atoms with E-state index in [9.17, 15) is 8.42 Å². The first-order valence-corrected chi connectivity index (χ1v) is 8.01. The highest BCUT2D eigenvalue weighted by Crippen LogP contribution is 2.32. The number of hydrogen-bond donors (Lipinski definition) is 2. The lowest BCUT2D eigenvalue weighted by Gasteiger charge is -2.20. The molecule has 0 aliphatic carbocycles. The molecule has 108 valence electrons. The average molecular weight is 301 g/mol.